The number of rotatable bonds is 9. The average molecular weight is 296 g/mol. The number of nitrogens with one attached hydrogen (secondary N) is 2. The molecule has 0 aliphatic heterocycles. The van der Waals surface area contributed by atoms with Crippen molar-refractivity contribution in [2.24, 2.45) is 0 Å². The maximum Gasteiger partial charge on any atom is 0.305 e. The second-order valence-electron chi connectivity index (χ2n) is 4.67. The van der Waals surface area contributed by atoms with Crippen molar-refractivity contribution < 1.29 is 18.7 Å². The number of anilines is 1. The van der Waals surface area contributed by atoms with Gasteiger partial charge in [0.1, 0.15) is 5.82 Å². The highest BCUT2D eigenvalue weighted by Gasteiger charge is 2.02. The topological polar surface area (TPSA) is 67.4 Å². The molecule has 0 bridgehead atoms. The van der Waals surface area contributed by atoms with Gasteiger partial charge < -0.3 is 4.74 Å². The predicted octanol–water partition coefficient (Wildman–Crippen LogP) is 2.78. The van der Waals surface area contributed by atoms with E-state index in [0.717, 1.165) is 25.7 Å². The van der Waals surface area contributed by atoms with E-state index >= 15 is 0 Å². The Kier molecular flexibility index (Phi) is 7.86. The van der Waals surface area contributed by atoms with Gasteiger partial charge in [0.2, 0.25) is 5.91 Å². The number of methoxy groups -OCH3 is 1. The fourth-order valence-corrected chi connectivity index (χ4v) is 1.78. The Morgan fingerprint density at radius 2 is 1.86 bits per heavy atom. The van der Waals surface area contributed by atoms with Crippen molar-refractivity contribution in [2.75, 3.05) is 12.5 Å². The summed E-state index contributed by atoms with van der Waals surface area (Å²) in [6.45, 7) is 0. The van der Waals surface area contributed by atoms with E-state index < -0.39 is 0 Å². The minimum atomic E-state index is -0.361. The second-order valence-corrected chi connectivity index (χ2v) is 4.67. The lowest BCUT2D eigenvalue weighted by Gasteiger charge is -2.08. The highest BCUT2D eigenvalue weighted by atomic mass is 19.1. The van der Waals surface area contributed by atoms with Crippen LogP contribution in [0.4, 0.5) is 10.1 Å². The van der Waals surface area contributed by atoms with Gasteiger partial charge in [0, 0.05) is 12.8 Å². The summed E-state index contributed by atoms with van der Waals surface area (Å²) in [5.74, 6) is -0.709. The van der Waals surface area contributed by atoms with Crippen molar-refractivity contribution in [1.29, 1.82) is 0 Å². The van der Waals surface area contributed by atoms with Crippen LogP contribution in [0.15, 0.2) is 24.3 Å². The van der Waals surface area contributed by atoms with E-state index in [2.05, 4.69) is 15.6 Å². The van der Waals surface area contributed by atoms with Crippen molar-refractivity contribution in [2.45, 2.75) is 38.5 Å². The van der Waals surface area contributed by atoms with Crippen molar-refractivity contribution in [1.82, 2.24) is 5.43 Å². The first-order valence-electron chi connectivity index (χ1n) is 6.99. The van der Waals surface area contributed by atoms with Crippen LogP contribution < -0.4 is 10.9 Å². The number of ether oxygens (including phenoxy) is 1. The third kappa shape index (κ3) is 7.91. The second kappa shape index (κ2) is 9.74. The van der Waals surface area contributed by atoms with Crippen LogP contribution in [0.3, 0.4) is 0 Å². The molecule has 1 aromatic rings. The number of hydrogen-bond donors (Lipinski definition) is 2. The lowest BCUT2D eigenvalue weighted by Crippen LogP contribution is -2.29. The normalized spacial score (nSPS) is 10.0. The zero-order chi connectivity index (χ0) is 15.5. The molecule has 1 aromatic carbocycles. The maximum absolute atomic E-state index is 12.9. The number of carbonyl (C=O) groups excluding carboxylic acids is 2. The summed E-state index contributed by atoms with van der Waals surface area (Å²) in [6.07, 6.45) is 4.10. The van der Waals surface area contributed by atoms with E-state index in [-0.39, 0.29) is 17.7 Å². The summed E-state index contributed by atoms with van der Waals surface area (Å²) in [5.41, 5.74) is 5.68. The van der Waals surface area contributed by atoms with E-state index in [1.807, 2.05) is 0 Å². The molecule has 0 radical (unpaired) electrons. The van der Waals surface area contributed by atoms with Gasteiger partial charge in [0.05, 0.1) is 12.8 Å². The van der Waals surface area contributed by atoms with Crippen molar-refractivity contribution >= 4 is 17.6 Å². The van der Waals surface area contributed by atoms with Gasteiger partial charge in [-0.05, 0) is 31.0 Å². The number of unbranched alkanes of at least 4 members (excludes halogenated alkanes) is 3. The molecule has 21 heavy (non-hydrogen) atoms. The van der Waals surface area contributed by atoms with Gasteiger partial charge in [0.25, 0.3) is 0 Å². The predicted molar refractivity (Wildman–Crippen MR) is 77.9 cm³/mol. The molecule has 1 amide bonds. The van der Waals surface area contributed by atoms with Gasteiger partial charge in [-0.15, -0.1) is 0 Å². The molecule has 6 heteroatoms. The quantitative estimate of drug-likeness (QED) is 0.418. The summed E-state index contributed by atoms with van der Waals surface area (Å²) in [6, 6.07) is 5.86. The largest absolute Gasteiger partial charge is 0.469 e. The molecule has 0 heterocycles. The highest BCUT2D eigenvalue weighted by Crippen LogP contribution is 2.08. The van der Waals surface area contributed by atoms with Gasteiger partial charge in [-0.2, -0.15) is 0 Å². The van der Waals surface area contributed by atoms with E-state index in [4.69, 9.17) is 0 Å². The van der Waals surface area contributed by atoms with Crippen LogP contribution in [-0.4, -0.2) is 19.0 Å². The molecule has 0 spiro atoms. The fraction of sp³-hybridized carbons (Fsp3) is 0.467. The molecular weight excluding hydrogens is 275 g/mol. The Morgan fingerprint density at radius 1 is 1.14 bits per heavy atom. The van der Waals surface area contributed by atoms with Gasteiger partial charge >= 0.3 is 5.97 Å². The van der Waals surface area contributed by atoms with E-state index in [1.54, 1.807) is 12.1 Å². The van der Waals surface area contributed by atoms with Crippen LogP contribution in [-0.2, 0) is 14.3 Å². The summed E-state index contributed by atoms with van der Waals surface area (Å²) >= 11 is 0. The molecule has 0 saturated carbocycles. The SMILES string of the molecule is COC(=O)CCCCCCC(=O)NNc1cccc(F)c1. The highest BCUT2D eigenvalue weighted by molar-refractivity contribution is 5.77. The molecule has 0 fully saturated rings. The number of carbonyl (C=O) groups is 2. The monoisotopic (exact) mass is 296 g/mol. The van der Waals surface area contributed by atoms with Gasteiger partial charge in [-0.1, -0.05) is 18.9 Å². The number of halogens is 1. The molecule has 116 valence electrons. The summed E-state index contributed by atoms with van der Waals surface area (Å²) < 4.78 is 17.4. The van der Waals surface area contributed by atoms with Crippen LogP contribution in [0.2, 0.25) is 0 Å². The number of amides is 1. The zero-order valence-corrected chi connectivity index (χ0v) is 12.2. The lowest BCUT2D eigenvalue weighted by molar-refractivity contribution is -0.140. The number of esters is 1. The van der Waals surface area contributed by atoms with Gasteiger partial charge in [-0.3, -0.25) is 20.4 Å². The smallest absolute Gasteiger partial charge is 0.305 e. The zero-order valence-electron chi connectivity index (χ0n) is 12.2. The molecule has 2 N–H and O–H groups in total. The summed E-state index contributed by atoms with van der Waals surface area (Å²) in [7, 11) is 1.37. The Morgan fingerprint density at radius 3 is 2.52 bits per heavy atom. The molecule has 0 aliphatic carbocycles. The van der Waals surface area contributed by atoms with Gasteiger partial charge in [-0.25, -0.2) is 4.39 Å². The first-order valence-corrected chi connectivity index (χ1v) is 6.99. The molecule has 0 aliphatic rings. The fourth-order valence-electron chi connectivity index (χ4n) is 1.78. The van der Waals surface area contributed by atoms with Gasteiger partial charge in [0.15, 0.2) is 0 Å². The molecular formula is C15H21FN2O3. The van der Waals surface area contributed by atoms with E-state index in [9.17, 15) is 14.0 Å². The summed E-state index contributed by atoms with van der Waals surface area (Å²) in [5, 5.41) is 0. The van der Waals surface area contributed by atoms with Crippen LogP contribution in [0, 0.1) is 5.82 Å². The van der Waals surface area contributed by atoms with Crippen LogP contribution in [0.25, 0.3) is 0 Å². The number of hydrazine groups is 1. The lowest BCUT2D eigenvalue weighted by atomic mass is 10.1. The van der Waals surface area contributed by atoms with Crippen LogP contribution in [0.1, 0.15) is 38.5 Å². The Labute approximate surface area is 123 Å². The summed E-state index contributed by atoms with van der Waals surface area (Å²) in [4.78, 5) is 22.4. The Balaban J connectivity index is 2.05. The maximum atomic E-state index is 12.9. The Hall–Kier alpha value is -2.11. The van der Waals surface area contributed by atoms with Crippen molar-refractivity contribution in [3.63, 3.8) is 0 Å². The van der Waals surface area contributed by atoms with Crippen LogP contribution in [0.5, 0.6) is 0 Å². The van der Waals surface area contributed by atoms with E-state index in [0.29, 0.717) is 18.5 Å². The Bertz CT molecular complexity index is 466. The first-order chi connectivity index (χ1) is 10.1. The van der Waals surface area contributed by atoms with E-state index in [1.165, 1.54) is 19.2 Å². The molecule has 0 atom stereocenters. The van der Waals surface area contributed by atoms with Crippen molar-refractivity contribution in [3.05, 3.63) is 30.1 Å². The standard InChI is InChI=1S/C15H21FN2O3/c1-21-15(20)10-5-3-2-4-9-14(19)18-17-13-8-6-7-12(16)11-13/h6-8,11,17H,2-5,9-10H2,1H3,(H,18,19). The van der Waals surface area contributed by atoms with Crippen LogP contribution >= 0.6 is 0 Å². The molecule has 5 nitrogen and oxygen atoms in total. The number of hydrogen-bond acceptors (Lipinski definition) is 4. The molecule has 0 unspecified atom stereocenters. The number of benzene rings is 1. The van der Waals surface area contributed by atoms with Crippen molar-refractivity contribution in [3.8, 4) is 0 Å². The molecule has 1 rings (SSSR count). The molecule has 0 aromatic heterocycles. The molecule has 0 saturated heterocycles. The first kappa shape index (κ1) is 16.9. The third-order valence-electron chi connectivity index (χ3n) is 2.93. The average Bonchev–Trinajstić information content (AvgIpc) is 2.48. The minimum absolute atomic E-state index is 0.146. The third-order valence-corrected chi connectivity index (χ3v) is 2.93. The minimum Gasteiger partial charge on any atom is -0.469 e.